The van der Waals surface area contributed by atoms with Gasteiger partial charge in [-0.1, -0.05) is 25.2 Å². The predicted molar refractivity (Wildman–Crippen MR) is 151 cm³/mol. The Morgan fingerprint density at radius 3 is 2.36 bits per heavy atom. The molecule has 1 N–H and O–H groups in total. The van der Waals surface area contributed by atoms with Gasteiger partial charge in [0.15, 0.2) is 5.71 Å². The van der Waals surface area contributed by atoms with Crippen LogP contribution in [0.5, 0.6) is 0 Å². The average molecular weight is 496 g/mol. The molecule has 0 unspecified atom stereocenters. The van der Waals surface area contributed by atoms with Crippen LogP contribution in [0.1, 0.15) is 52.7 Å². The Labute approximate surface area is 215 Å². The highest BCUT2D eigenvalue weighted by Crippen LogP contribution is 2.43. The third kappa shape index (κ3) is 3.72. The van der Waals surface area contributed by atoms with Gasteiger partial charge in [-0.05, 0) is 88.3 Å². The summed E-state index contributed by atoms with van der Waals surface area (Å²) in [6, 6.07) is 12.7. The number of hydrogen-bond acceptors (Lipinski definition) is 2. The predicted octanol–water partition coefficient (Wildman–Crippen LogP) is 5.31. The lowest BCUT2D eigenvalue weighted by Gasteiger charge is -2.38. The summed E-state index contributed by atoms with van der Waals surface area (Å²) < 4.78 is 2.54. The summed E-state index contributed by atoms with van der Waals surface area (Å²) >= 11 is 0. The third-order valence-corrected chi connectivity index (χ3v) is 12.1. The van der Waals surface area contributed by atoms with Crippen molar-refractivity contribution >= 4 is 36.2 Å². The molecule has 3 aliphatic heterocycles. The van der Waals surface area contributed by atoms with Crippen molar-refractivity contribution < 1.29 is 14.5 Å². The van der Waals surface area contributed by atoms with Crippen molar-refractivity contribution in [3.8, 4) is 0 Å². The summed E-state index contributed by atoms with van der Waals surface area (Å²) in [6.07, 6.45) is 12.2. The Balaban J connectivity index is 1.60. The van der Waals surface area contributed by atoms with Crippen molar-refractivity contribution in [2.24, 2.45) is 0 Å². The normalized spacial score (nSPS) is 20.5. The fourth-order valence-electron chi connectivity index (χ4n) is 6.54. The van der Waals surface area contributed by atoms with Crippen molar-refractivity contribution in [1.29, 1.82) is 0 Å². The summed E-state index contributed by atoms with van der Waals surface area (Å²) in [7, 11) is -1.99. The number of aryl methyl sites for hydroxylation is 1. The third-order valence-electron chi connectivity index (χ3n) is 8.58. The Bertz CT molecular complexity index is 1400. The number of carbonyl (C=O) groups is 1. The number of carboxylic acids is 1. The lowest BCUT2D eigenvalue weighted by Crippen LogP contribution is -2.50. The zero-order valence-corrected chi connectivity index (χ0v) is 22.6. The first-order chi connectivity index (χ1) is 17.3. The Morgan fingerprint density at radius 1 is 0.944 bits per heavy atom. The summed E-state index contributed by atoms with van der Waals surface area (Å²) in [5, 5.41) is 12.5. The van der Waals surface area contributed by atoms with Crippen molar-refractivity contribution in [2.75, 3.05) is 31.1 Å². The van der Waals surface area contributed by atoms with Crippen LogP contribution >= 0.6 is 0 Å². The van der Waals surface area contributed by atoms with Crippen LogP contribution < -0.4 is 10.1 Å². The van der Waals surface area contributed by atoms with E-state index in [0.717, 1.165) is 37.3 Å². The number of carboxylic acid groups (broad SMARTS) is 1. The monoisotopic (exact) mass is 495 g/mol. The Kier molecular flexibility index (Phi) is 5.64. The molecular weight excluding hydrogens is 460 g/mol. The molecule has 0 spiro atoms. The molecule has 0 bridgehead atoms. The van der Waals surface area contributed by atoms with Crippen molar-refractivity contribution in [1.82, 2.24) is 0 Å². The number of nitrogens with zero attached hydrogens (tertiary/aromatic N) is 2. The molecule has 4 aliphatic rings. The van der Waals surface area contributed by atoms with E-state index >= 15 is 0 Å². The second-order valence-electron chi connectivity index (χ2n) is 11.2. The number of rotatable bonds is 3. The van der Waals surface area contributed by atoms with Gasteiger partial charge in [0.2, 0.25) is 0 Å². The van der Waals surface area contributed by atoms with E-state index in [0.29, 0.717) is 5.56 Å². The lowest BCUT2D eigenvalue weighted by molar-refractivity contribution is -0.504. The number of allylic oxidation sites excluding steroid dienone is 5. The van der Waals surface area contributed by atoms with E-state index < -0.39 is 14.0 Å². The van der Waals surface area contributed by atoms with E-state index in [4.69, 9.17) is 0 Å². The van der Waals surface area contributed by atoms with E-state index in [2.05, 4.69) is 59.0 Å². The van der Waals surface area contributed by atoms with Crippen molar-refractivity contribution in [2.45, 2.75) is 45.7 Å². The minimum absolute atomic E-state index is 0.344. The summed E-state index contributed by atoms with van der Waals surface area (Å²) in [5.41, 5.74) is 9.08. The standard InChI is InChI=1S/C31H34N2O2Si/c1-21-18-22(31(34)35)8-11-25(21)30-26-12-9-23(32-14-4-5-15-32)19-28(26)36(2,3)29-20-24(10-13-27(29)30)33-16-6-7-17-33/h8-13,18-20H,4-7,14-17H2,1-3H3/p+1. The average Bonchev–Trinajstić information content (AvgIpc) is 3.60. The van der Waals surface area contributed by atoms with Crippen LogP contribution in [0.25, 0.3) is 5.57 Å². The van der Waals surface area contributed by atoms with Crippen LogP contribution in [0.15, 0.2) is 65.4 Å². The van der Waals surface area contributed by atoms with Gasteiger partial charge in [-0.3, -0.25) is 0 Å². The molecule has 0 atom stereocenters. The van der Waals surface area contributed by atoms with Crippen LogP contribution in [-0.2, 0) is 0 Å². The number of anilines is 1. The van der Waals surface area contributed by atoms with Gasteiger partial charge in [-0.25, -0.2) is 9.37 Å². The molecule has 0 amide bonds. The van der Waals surface area contributed by atoms with Crippen LogP contribution in [0.3, 0.4) is 0 Å². The quantitative estimate of drug-likeness (QED) is 0.464. The molecule has 6 rings (SSSR count). The maximum absolute atomic E-state index is 11.6. The largest absolute Gasteiger partial charge is 0.478 e. The van der Waals surface area contributed by atoms with E-state index in [9.17, 15) is 9.90 Å². The van der Waals surface area contributed by atoms with Gasteiger partial charge in [-0.2, -0.15) is 0 Å². The maximum Gasteiger partial charge on any atom is 0.335 e. The molecule has 2 aromatic rings. The molecule has 0 saturated carbocycles. The molecule has 2 fully saturated rings. The summed E-state index contributed by atoms with van der Waals surface area (Å²) in [6.45, 7) is 11.6. The zero-order valence-electron chi connectivity index (χ0n) is 21.6. The maximum atomic E-state index is 11.6. The first-order valence-electron chi connectivity index (χ1n) is 13.4. The Morgan fingerprint density at radius 2 is 1.67 bits per heavy atom. The van der Waals surface area contributed by atoms with Crippen LogP contribution in [0.4, 0.5) is 5.69 Å². The van der Waals surface area contributed by atoms with Crippen LogP contribution in [0, 0.1) is 6.92 Å². The highest BCUT2D eigenvalue weighted by atomic mass is 28.3. The van der Waals surface area contributed by atoms with Gasteiger partial charge in [0.25, 0.3) is 0 Å². The fraction of sp³-hybridized carbons (Fsp3) is 0.355. The summed E-state index contributed by atoms with van der Waals surface area (Å²) in [5.74, 6) is -0.877. The number of benzene rings is 2. The van der Waals surface area contributed by atoms with Gasteiger partial charge in [0, 0.05) is 43.8 Å². The van der Waals surface area contributed by atoms with E-state index in [-0.39, 0.29) is 0 Å². The smallest absolute Gasteiger partial charge is 0.335 e. The van der Waals surface area contributed by atoms with Crippen molar-refractivity contribution in [3.63, 3.8) is 0 Å². The molecule has 0 aromatic heterocycles. The van der Waals surface area contributed by atoms with Gasteiger partial charge in [0.05, 0.1) is 5.56 Å². The molecule has 2 aromatic carbocycles. The van der Waals surface area contributed by atoms with Gasteiger partial charge in [-0.15, -0.1) is 0 Å². The number of fused-ring (bicyclic) bond motifs is 2. The van der Waals surface area contributed by atoms with E-state index in [1.165, 1.54) is 64.2 Å². The molecule has 3 heterocycles. The summed E-state index contributed by atoms with van der Waals surface area (Å²) in [4.78, 5) is 14.2. The minimum atomic E-state index is -1.99. The first kappa shape index (κ1) is 23.2. The highest BCUT2D eigenvalue weighted by Gasteiger charge is 2.41. The molecule has 2 saturated heterocycles. The zero-order chi connectivity index (χ0) is 25.0. The topological polar surface area (TPSA) is 43.5 Å². The molecule has 1 aliphatic carbocycles. The number of hydrogen-bond donors (Lipinski definition) is 1. The number of aromatic carboxylic acids is 1. The molecule has 4 nitrogen and oxygen atoms in total. The van der Waals surface area contributed by atoms with Gasteiger partial charge in [0.1, 0.15) is 21.2 Å². The molecule has 5 heteroatoms. The molecular formula is C31H35N2O2Si+. The highest BCUT2D eigenvalue weighted by molar-refractivity contribution is 6.98. The Hall–Kier alpha value is -3.18. The fourth-order valence-corrected chi connectivity index (χ4v) is 9.61. The van der Waals surface area contributed by atoms with E-state index in [1.54, 1.807) is 6.07 Å². The van der Waals surface area contributed by atoms with Crippen molar-refractivity contribution in [3.05, 3.63) is 87.6 Å². The van der Waals surface area contributed by atoms with Crippen LogP contribution in [0.2, 0.25) is 13.1 Å². The molecule has 36 heavy (non-hydrogen) atoms. The lowest BCUT2D eigenvalue weighted by atomic mass is 9.87. The second-order valence-corrected chi connectivity index (χ2v) is 15.5. The second kappa shape index (κ2) is 8.73. The minimum Gasteiger partial charge on any atom is -0.478 e. The SMILES string of the molecule is Cc1cc(C(=O)O)ccc1C1=C2C=CC(=[N+]3CCCC3)C=C2[Si](C)(C)c2cc(N3CCCC3)ccc21. The molecule has 0 radical (unpaired) electrons. The van der Waals surface area contributed by atoms with E-state index in [1.807, 2.05) is 19.1 Å². The first-order valence-corrected chi connectivity index (χ1v) is 16.4. The molecule has 184 valence electrons. The van der Waals surface area contributed by atoms with Crippen LogP contribution in [-0.4, -0.2) is 55.6 Å². The van der Waals surface area contributed by atoms with Gasteiger partial charge < -0.3 is 10.0 Å². The van der Waals surface area contributed by atoms with Gasteiger partial charge >= 0.3 is 5.97 Å².